The van der Waals surface area contributed by atoms with Gasteiger partial charge in [0, 0.05) is 25.0 Å². The molecule has 0 fully saturated rings. The van der Waals surface area contributed by atoms with E-state index in [0.29, 0.717) is 17.4 Å². The van der Waals surface area contributed by atoms with Crippen LogP contribution in [-0.4, -0.2) is 23.3 Å². The Labute approximate surface area is 124 Å². The summed E-state index contributed by atoms with van der Waals surface area (Å²) >= 11 is 6.10. The highest BCUT2D eigenvalue weighted by Crippen LogP contribution is 2.28. The van der Waals surface area contributed by atoms with Gasteiger partial charge in [-0.1, -0.05) is 11.6 Å². The van der Waals surface area contributed by atoms with Crippen LogP contribution < -0.4 is 9.47 Å². The maximum Gasteiger partial charge on any atom is 0.138 e. The zero-order valence-electron chi connectivity index (χ0n) is 11.6. The Balaban J connectivity index is 1.63. The Hall–Kier alpha value is -1.68. The van der Waals surface area contributed by atoms with Crippen molar-refractivity contribution in [3.63, 3.8) is 0 Å². The normalized spacial score (nSPS) is 10.5. The molecule has 2 aromatic rings. The van der Waals surface area contributed by atoms with Gasteiger partial charge in [-0.05, 0) is 31.4 Å². The molecule has 20 heavy (non-hydrogen) atoms. The molecular formula is C15H19ClN2O2. The molecule has 4 nitrogen and oxygen atoms in total. The lowest BCUT2D eigenvalue weighted by atomic mass is 10.2. The molecule has 0 amide bonds. The summed E-state index contributed by atoms with van der Waals surface area (Å²) in [5.41, 5.74) is 0. The summed E-state index contributed by atoms with van der Waals surface area (Å²) in [4.78, 5) is 4.01. The van der Waals surface area contributed by atoms with E-state index in [1.165, 1.54) is 0 Å². The van der Waals surface area contributed by atoms with Crippen LogP contribution in [-0.2, 0) is 6.54 Å². The maximum atomic E-state index is 6.10. The number of unbranched alkanes of at least 4 members (excludes halogenated alkanes) is 2. The highest BCUT2D eigenvalue weighted by atomic mass is 35.5. The molecule has 0 atom stereocenters. The third-order valence-electron chi connectivity index (χ3n) is 3.02. The van der Waals surface area contributed by atoms with Gasteiger partial charge in [-0.15, -0.1) is 0 Å². The summed E-state index contributed by atoms with van der Waals surface area (Å²) in [7, 11) is 1.62. The molecule has 0 aliphatic carbocycles. The van der Waals surface area contributed by atoms with Crippen molar-refractivity contribution in [2.24, 2.45) is 0 Å². The number of aromatic nitrogens is 2. The van der Waals surface area contributed by atoms with E-state index in [1.807, 2.05) is 24.7 Å². The highest BCUT2D eigenvalue weighted by Gasteiger charge is 2.03. The second-order valence-corrected chi connectivity index (χ2v) is 4.91. The minimum Gasteiger partial charge on any atom is -0.497 e. The van der Waals surface area contributed by atoms with Crippen LogP contribution in [0.25, 0.3) is 0 Å². The largest absolute Gasteiger partial charge is 0.497 e. The Kier molecular flexibility index (Phi) is 5.74. The van der Waals surface area contributed by atoms with Crippen LogP contribution in [0, 0.1) is 0 Å². The minimum absolute atomic E-state index is 0.586. The number of methoxy groups -OCH3 is 1. The first kappa shape index (κ1) is 14.7. The summed E-state index contributed by atoms with van der Waals surface area (Å²) in [5, 5.41) is 0.586. The molecule has 0 spiro atoms. The zero-order valence-corrected chi connectivity index (χ0v) is 12.3. The van der Waals surface area contributed by atoms with E-state index in [1.54, 1.807) is 19.4 Å². The van der Waals surface area contributed by atoms with E-state index >= 15 is 0 Å². The number of aryl methyl sites for hydroxylation is 1. The second-order valence-electron chi connectivity index (χ2n) is 4.51. The van der Waals surface area contributed by atoms with Crippen LogP contribution in [0.5, 0.6) is 11.5 Å². The first-order valence-corrected chi connectivity index (χ1v) is 7.09. The maximum absolute atomic E-state index is 6.10. The lowest BCUT2D eigenvalue weighted by Gasteiger charge is -2.09. The van der Waals surface area contributed by atoms with Gasteiger partial charge < -0.3 is 14.0 Å². The molecule has 0 unspecified atom stereocenters. The molecule has 5 heteroatoms. The van der Waals surface area contributed by atoms with Crippen molar-refractivity contribution in [1.82, 2.24) is 9.55 Å². The van der Waals surface area contributed by atoms with E-state index < -0.39 is 0 Å². The van der Waals surface area contributed by atoms with Crippen molar-refractivity contribution in [3.05, 3.63) is 41.9 Å². The average molecular weight is 295 g/mol. The van der Waals surface area contributed by atoms with Gasteiger partial charge in [-0.25, -0.2) is 4.98 Å². The fourth-order valence-corrected chi connectivity index (χ4v) is 2.13. The topological polar surface area (TPSA) is 36.3 Å². The Morgan fingerprint density at radius 1 is 1.25 bits per heavy atom. The molecule has 0 saturated heterocycles. The lowest BCUT2D eigenvalue weighted by molar-refractivity contribution is 0.303. The Bertz CT molecular complexity index is 515. The van der Waals surface area contributed by atoms with Gasteiger partial charge in [-0.3, -0.25) is 0 Å². The number of benzene rings is 1. The van der Waals surface area contributed by atoms with Crippen LogP contribution in [0.15, 0.2) is 36.9 Å². The standard InChI is InChI=1S/C15H19ClN2O2/c1-19-13-5-6-15(14(16)11-13)20-10-4-2-3-8-18-9-7-17-12-18/h5-7,9,11-12H,2-4,8,10H2,1H3. The molecule has 0 N–H and O–H groups in total. The quantitative estimate of drug-likeness (QED) is 0.695. The van der Waals surface area contributed by atoms with Crippen molar-refractivity contribution in [1.29, 1.82) is 0 Å². The summed E-state index contributed by atoms with van der Waals surface area (Å²) in [5.74, 6) is 1.45. The molecule has 1 aromatic carbocycles. The first-order valence-electron chi connectivity index (χ1n) is 6.71. The number of ether oxygens (including phenoxy) is 2. The lowest BCUT2D eigenvalue weighted by Crippen LogP contribution is -2.00. The minimum atomic E-state index is 0.586. The van der Waals surface area contributed by atoms with Gasteiger partial charge in [0.25, 0.3) is 0 Å². The second kappa shape index (κ2) is 7.80. The third-order valence-corrected chi connectivity index (χ3v) is 3.31. The molecule has 0 aliphatic heterocycles. The van der Waals surface area contributed by atoms with Crippen LogP contribution in [0.4, 0.5) is 0 Å². The monoisotopic (exact) mass is 294 g/mol. The van der Waals surface area contributed by atoms with Gasteiger partial charge in [0.05, 0.1) is 25.1 Å². The first-order chi connectivity index (χ1) is 9.79. The van der Waals surface area contributed by atoms with Crippen molar-refractivity contribution >= 4 is 11.6 Å². The summed E-state index contributed by atoms with van der Waals surface area (Å²) in [6, 6.07) is 5.45. The highest BCUT2D eigenvalue weighted by molar-refractivity contribution is 6.32. The van der Waals surface area contributed by atoms with Gasteiger partial charge in [-0.2, -0.15) is 0 Å². The molecule has 0 radical (unpaired) electrons. The van der Waals surface area contributed by atoms with E-state index in [0.717, 1.165) is 31.6 Å². The Morgan fingerprint density at radius 2 is 2.15 bits per heavy atom. The van der Waals surface area contributed by atoms with Gasteiger partial charge in [0.2, 0.25) is 0 Å². The Morgan fingerprint density at radius 3 is 2.85 bits per heavy atom. The number of hydrogen-bond acceptors (Lipinski definition) is 3. The molecule has 108 valence electrons. The van der Waals surface area contributed by atoms with E-state index in [9.17, 15) is 0 Å². The molecule has 0 aliphatic rings. The van der Waals surface area contributed by atoms with Crippen molar-refractivity contribution in [2.75, 3.05) is 13.7 Å². The van der Waals surface area contributed by atoms with Crippen molar-refractivity contribution < 1.29 is 9.47 Å². The molecule has 1 heterocycles. The van der Waals surface area contributed by atoms with E-state index in [4.69, 9.17) is 21.1 Å². The average Bonchev–Trinajstić information content (AvgIpc) is 2.97. The third kappa shape index (κ3) is 4.46. The number of halogens is 1. The van der Waals surface area contributed by atoms with Crippen LogP contribution >= 0.6 is 11.6 Å². The van der Waals surface area contributed by atoms with Crippen LogP contribution in [0.2, 0.25) is 5.02 Å². The predicted molar refractivity (Wildman–Crippen MR) is 79.6 cm³/mol. The SMILES string of the molecule is COc1ccc(OCCCCCn2ccnc2)c(Cl)c1. The fraction of sp³-hybridized carbons (Fsp3) is 0.400. The number of hydrogen-bond donors (Lipinski definition) is 0. The molecule has 2 rings (SSSR count). The molecule has 0 saturated carbocycles. The molecule has 0 bridgehead atoms. The van der Waals surface area contributed by atoms with Gasteiger partial charge >= 0.3 is 0 Å². The van der Waals surface area contributed by atoms with E-state index in [-0.39, 0.29) is 0 Å². The number of nitrogens with zero attached hydrogens (tertiary/aromatic N) is 2. The summed E-state index contributed by atoms with van der Waals surface area (Å²) in [6.07, 6.45) is 8.87. The summed E-state index contributed by atoms with van der Waals surface area (Å²) in [6.45, 7) is 1.68. The van der Waals surface area contributed by atoms with Crippen LogP contribution in [0.1, 0.15) is 19.3 Å². The zero-order chi connectivity index (χ0) is 14.2. The van der Waals surface area contributed by atoms with Crippen molar-refractivity contribution in [2.45, 2.75) is 25.8 Å². The van der Waals surface area contributed by atoms with Crippen molar-refractivity contribution in [3.8, 4) is 11.5 Å². The predicted octanol–water partition coefficient (Wildman–Crippen LogP) is 3.79. The summed E-state index contributed by atoms with van der Waals surface area (Å²) < 4.78 is 12.8. The van der Waals surface area contributed by atoms with E-state index in [2.05, 4.69) is 9.55 Å². The molecule has 1 aromatic heterocycles. The van der Waals surface area contributed by atoms with Gasteiger partial charge in [0.1, 0.15) is 11.5 Å². The number of rotatable bonds is 8. The van der Waals surface area contributed by atoms with Crippen LogP contribution in [0.3, 0.4) is 0 Å². The van der Waals surface area contributed by atoms with Gasteiger partial charge in [0.15, 0.2) is 0 Å². The molecular weight excluding hydrogens is 276 g/mol. The number of imidazole rings is 1. The fourth-order valence-electron chi connectivity index (χ4n) is 1.90. The smallest absolute Gasteiger partial charge is 0.138 e.